The average Bonchev–Trinajstić information content (AvgIpc) is 2.83. The number of hydrogen-bond donors (Lipinski definition) is 2. The molecule has 0 unspecified atom stereocenters. The number of amides is 2. The molecule has 2 aromatic rings. The first kappa shape index (κ1) is 26.5. The van der Waals surface area contributed by atoms with Crippen molar-refractivity contribution in [2.45, 2.75) is 58.0 Å². The second kappa shape index (κ2) is 10.7. The number of carbonyl (C=O) groups is 2. The van der Waals surface area contributed by atoms with Crippen LogP contribution in [0.5, 0.6) is 0 Å². The van der Waals surface area contributed by atoms with E-state index in [9.17, 15) is 14.7 Å². The normalized spacial score (nSPS) is 17.6. The summed E-state index contributed by atoms with van der Waals surface area (Å²) >= 11 is 0. The fraction of sp³-hybridized carbons (Fsp3) is 0.500. The van der Waals surface area contributed by atoms with Gasteiger partial charge < -0.3 is 20.2 Å². The van der Waals surface area contributed by atoms with Gasteiger partial charge in [-0.3, -0.25) is 9.69 Å². The van der Waals surface area contributed by atoms with E-state index in [1.54, 1.807) is 0 Å². The number of anilines is 2. The minimum absolute atomic E-state index is 0.214. The number of nitrogens with one attached hydrogen (secondary N) is 1. The number of benzene rings is 2. The Labute approximate surface area is 209 Å². The van der Waals surface area contributed by atoms with Gasteiger partial charge >= 0.3 is 6.09 Å². The Morgan fingerprint density at radius 3 is 2.14 bits per heavy atom. The molecule has 0 saturated heterocycles. The molecule has 0 heterocycles. The van der Waals surface area contributed by atoms with E-state index >= 15 is 0 Å². The van der Waals surface area contributed by atoms with Crippen molar-refractivity contribution < 1.29 is 14.7 Å². The number of carboxylic acid groups (broad SMARTS) is 1. The van der Waals surface area contributed by atoms with Crippen LogP contribution in [0.25, 0.3) is 0 Å². The molecule has 0 aromatic heterocycles. The summed E-state index contributed by atoms with van der Waals surface area (Å²) in [5, 5.41) is 13.4. The first-order chi connectivity index (χ1) is 16.5. The monoisotopic (exact) mass is 480 g/mol. The van der Waals surface area contributed by atoms with Gasteiger partial charge in [0.25, 0.3) is 5.91 Å². The van der Waals surface area contributed by atoms with E-state index in [0.717, 1.165) is 24.3 Å². The number of nitrogens with zero attached hydrogens (tertiary/aromatic N) is 3. The lowest BCUT2D eigenvalue weighted by molar-refractivity contribution is -0.129. The van der Waals surface area contributed by atoms with Gasteiger partial charge in [0.15, 0.2) is 0 Å². The molecule has 1 atom stereocenters. The largest absolute Gasteiger partial charge is 0.465 e. The van der Waals surface area contributed by atoms with Crippen LogP contribution in [-0.2, 0) is 17.6 Å². The lowest BCUT2D eigenvalue weighted by atomic mass is 9.75. The molecule has 0 fully saturated rings. The van der Waals surface area contributed by atoms with Crippen molar-refractivity contribution in [3.8, 4) is 0 Å². The number of likely N-dealkylation sites (N-methyl/N-ethyl adjacent to an activating group) is 1. The van der Waals surface area contributed by atoms with Crippen LogP contribution < -0.4 is 10.2 Å². The van der Waals surface area contributed by atoms with E-state index in [0.29, 0.717) is 24.9 Å². The van der Waals surface area contributed by atoms with Crippen LogP contribution in [0.2, 0.25) is 0 Å². The quantitative estimate of drug-likeness (QED) is 0.543. The molecular formula is C28H40N4O3. The molecule has 0 spiro atoms. The van der Waals surface area contributed by atoms with Crippen LogP contribution in [0.3, 0.4) is 0 Å². The van der Waals surface area contributed by atoms with Gasteiger partial charge in [-0.1, -0.05) is 24.3 Å². The molecule has 3 rings (SSSR count). The molecule has 35 heavy (non-hydrogen) atoms. The highest BCUT2D eigenvalue weighted by Crippen LogP contribution is 2.36. The zero-order chi connectivity index (χ0) is 25.8. The molecule has 0 aliphatic heterocycles. The highest BCUT2D eigenvalue weighted by molar-refractivity contribution is 6.00. The van der Waals surface area contributed by atoms with Gasteiger partial charge in [0.05, 0.1) is 0 Å². The predicted octanol–water partition coefficient (Wildman–Crippen LogP) is 4.72. The van der Waals surface area contributed by atoms with Crippen molar-refractivity contribution >= 4 is 23.4 Å². The van der Waals surface area contributed by atoms with Crippen LogP contribution in [-0.4, -0.2) is 71.7 Å². The Bertz CT molecular complexity index is 1030. The summed E-state index contributed by atoms with van der Waals surface area (Å²) in [4.78, 5) is 32.3. The summed E-state index contributed by atoms with van der Waals surface area (Å²) in [7, 11) is 3.86. The van der Waals surface area contributed by atoms with Crippen molar-refractivity contribution in [1.82, 2.24) is 9.80 Å². The maximum Gasteiger partial charge on any atom is 0.408 e. The van der Waals surface area contributed by atoms with E-state index in [4.69, 9.17) is 0 Å². The second-order valence-electron chi connectivity index (χ2n) is 10.2. The van der Waals surface area contributed by atoms with Gasteiger partial charge in [-0.25, -0.2) is 4.79 Å². The van der Waals surface area contributed by atoms with Gasteiger partial charge in [0.2, 0.25) is 0 Å². The molecule has 0 radical (unpaired) electrons. The third kappa shape index (κ3) is 5.61. The molecule has 0 bridgehead atoms. The maximum absolute atomic E-state index is 14.0. The van der Waals surface area contributed by atoms with Gasteiger partial charge in [-0.15, -0.1) is 0 Å². The number of carbonyl (C=O) groups excluding carboxylic acids is 1. The van der Waals surface area contributed by atoms with Crippen LogP contribution in [0.4, 0.5) is 16.2 Å². The molecule has 2 N–H and O–H groups in total. The lowest BCUT2D eigenvalue weighted by Gasteiger charge is -2.47. The fourth-order valence-corrected chi connectivity index (χ4v) is 4.79. The summed E-state index contributed by atoms with van der Waals surface area (Å²) in [6.45, 7) is 10.2. The van der Waals surface area contributed by atoms with Crippen LogP contribution >= 0.6 is 0 Å². The second-order valence-corrected chi connectivity index (χ2v) is 10.2. The first-order valence-corrected chi connectivity index (χ1v) is 12.5. The van der Waals surface area contributed by atoms with E-state index in [2.05, 4.69) is 30.1 Å². The number of hydrogen-bond acceptors (Lipinski definition) is 4. The highest BCUT2D eigenvalue weighted by Gasteiger charge is 2.50. The van der Waals surface area contributed by atoms with Crippen molar-refractivity contribution in [1.29, 1.82) is 0 Å². The SMILES string of the molecule is CCN(CC)c1ccc(NC(=O)[C@@]2(N(CC(C)(C)N(C)C)C(=O)O)CCc3ccccc3C2)cc1. The number of rotatable bonds is 9. The van der Waals surface area contributed by atoms with Gasteiger partial charge in [0.1, 0.15) is 5.54 Å². The number of aryl methyl sites for hydroxylation is 1. The van der Waals surface area contributed by atoms with E-state index in [-0.39, 0.29) is 12.5 Å². The summed E-state index contributed by atoms with van der Waals surface area (Å²) in [5.74, 6) is -0.278. The molecule has 2 amide bonds. The Hall–Kier alpha value is -3.06. The average molecular weight is 481 g/mol. The third-order valence-electron chi connectivity index (χ3n) is 7.59. The summed E-state index contributed by atoms with van der Waals surface area (Å²) in [5.41, 5.74) is 2.31. The molecule has 2 aromatic carbocycles. The van der Waals surface area contributed by atoms with E-state index < -0.39 is 17.2 Å². The Kier molecular flexibility index (Phi) is 8.11. The van der Waals surface area contributed by atoms with Crippen molar-refractivity contribution in [2.75, 3.05) is 43.9 Å². The molecule has 7 nitrogen and oxygen atoms in total. The van der Waals surface area contributed by atoms with Gasteiger partial charge in [-0.2, -0.15) is 0 Å². The maximum atomic E-state index is 14.0. The topological polar surface area (TPSA) is 76.1 Å². The molecule has 1 aliphatic carbocycles. The molecule has 190 valence electrons. The minimum Gasteiger partial charge on any atom is -0.465 e. The third-order valence-corrected chi connectivity index (χ3v) is 7.59. The smallest absolute Gasteiger partial charge is 0.408 e. The molecular weight excluding hydrogens is 440 g/mol. The van der Waals surface area contributed by atoms with E-state index in [1.165, 1.54) is 10.5 Å². The van der Waals surface area contributed by atoms with Gasteiger partial charge in [0, 0.05) is 43.0 Å². The molecule has 0 saturated carbocycles. The van der Waals surface area contributed by atoms with Crippen LogP contribution in [0.1, 0.15) is 45.2 Å². The fourth-order valence-electron chi connectivity index (χ4n) is 4.79. The zero-order valence-electron chi connectivity index (χ0n) is 22.0. The number of fused-ring (bicyclic) bond motifs is 1. The highest BCUT2D eigenvalue weighted by atomic mass is 16.4. The Morgan fingerprint density at radius 1 is 1.00 bits per heavy atom. The summed E-state index contributed by atoms with van der Waals surface area (Å²) < 4.78 is 0. The Morgan fingerprint density at radius 2 is 1.60 bits per heavy atom. The summed E-state index contributed by atoms with van der Waals surface area (Å²) in [6.07, 6.45) is 0.355. The first-order valence-electron chi connectivity index (χ1n) is 12.5. The zero-order valence-corrected chi connectivity index (χ0v) is 22.0. The van der Waals surface area contributed by atoms with Crippen LogP contribution in [0.15, 0.2) is 48.5 Å². The minimum atomic E-state index is -1.20. The molecule has 1 aliphatic rings. The van der Waals surface area contributed by atoms with Gasteiger partial charge in [-0.05, 0) is 90.0 Å². The summed E-state index contributed by atoms with van der Waals surface area (Å²) in [6, 6.07) is 15.8. The predicted molar refractivity (Wildman–Crippen MR) is 142 cm³/mol. The standard InChI is InChI=1S/C28H40N4O3/c1-7-31(8-2)24-15-13-23(14-16-24)29-25(33)28(18-17-21-11-9-10-12-22(21)19-28)32(26(34)35)20-27(3,4)30(5)6/h9-16H,7-8,17-20H2,1-6H3,(H,29,33)(H,34,35)/t28-/m1/s1. The van der Waals surface area contributed by atoms with Crippen molar-refractivity contribution in [3.05, 3.63) is 59.7 Å². The van der Waals surface area contributed by atoms with Crippen molar-refractivity contribution in [2.24, 2.45) is 0 Å². The van der Waals surface area contributed by atoms with Crippen LogP contribution in [0, 0.1) is 0 Å². The lowest BCUT2D eigenvalue weighted by Crippen LogP contribution is -2.65. The van der Waals surface area contributed by atoms with E-state index in [1.807, 2.05) is 75.3 Å². The van der Waals surface area contributed by atoms with Crippen molar-refractivity contribution in [3.63, 3.8) is 0 Å². The molecule has 7 heteroatoms. The Balaban J connectivity index is 1.98.